The Balaban J connectivity index is 1.35. The maximum absolute atomic E-state index is 12.7. The van der Waals surface area contributed by atoms with Gasteiger partial charge in [-0.3, -0.25) is 24.1 Å². The molecular weight excluding hydrogens is 490 g/mol. The van der Waals surface area contributed by atoms with E-state index < -0.39 is 5.25 Å². The number of carbonyl (C=O) groups is 4. The van der Waals surface area contributed by atoms with Crippen LogP contribution in [0.1, 0.15) is 56.6 Å². The Kier molecular flexibility index (Phi) is 8.43. The number of hydrogen-bond acceptors (Lipinski definition) is 7. The molecule has 1 aliphatic heterocycles. The standard InChI is InChI=1S/C28H31N3O5S/c1-17(29)6-5-13-37-25-15-27(34)31(28(25)35)12-11-26(33)30-19-9-10-22-23(14-19)20-7-3-4-8-21(20)24(22)16-36-18(2)32/h3-4,7-10,14,24-25,29H,5-6,11-13,15-16H2,1-2H3,(H,30,33). The van der Waals surface area contributed by atoms with Crippen molar-refractivity contribution in [2.45, 2.75) is 50.7 Å². The average molecular weight is 522 g/mol. The molecule has 4 rings (SSSR count). The summed E-state index contributed by atoms with van der Waals surface area (Å²) in [6, 6.07) is 13.6. The lowest BCUT2D eigenvalue weighted by Crippen LogP contribution is -2.34. The van der Waals surface area contributed by atoms with E-state index in [9.17, 15) is 19.2 Å². The number of rotatable bonds is 11. The minimum Gasteiger partial charge on any atom is -0.465 e. The Bertz CT molecular complexity index is 1240. The van der Waals surface area contributed by atoms with Crippen LogP contribution in [0.15, 0.2) is 42.5 Å². The van der Waals surface area contributed by atoms with Gasteiger partial charge in [0.05, 0.1) is 5.25 Å². The fourth-order valence-electron chi connectivity index (χ4n) is 4.78. The van der Waals surface area contributed by atoms with E-state index in [2.05, 4.69) is 5.32 Å². The lowest BCUT2D eigenvalue weighted by molar-refractivity contribution is -0.141. The van der Waals surface area contributed by atoms with Crippen LogP contribution in [0.25, 0.3) is 11.1 Å². The number of benzene rings is 2. The molecule has 1 heterocycles. The summed E-state index contributed by atoms with van der Waals surface area (Å²) in [5.41, 5.74) is 5.37. The predicted molar refractivity (Wildman–Crippen MR) is 144 cm³/mol. The first kappa shape index (κ1) is 26.6. The van der Waals surface area contributed by atoms with Crippen LogP contribution in [0, 0.1) is 5.41 Å². The molecule has 9 heteroatoms. The van der Waals surface area contributed by atoms with Gasteiger partial charge in [-0.2, -0.15) is 0 Å². The number of imide groups is 1. The van der Waals surface area contributed by atoms with E-state index in [1.54, 1.807) is 6.92 Å². The second kappa shape index (κ2) is 11.7. The van der Waals surface area contributed by atoms with Gasteiger partial charge < -0.3 is 15.5 Å². The quantitative estimate of drug-likeness (QED) is 0.196. The van der Waals surface area contributed by atoms with E-state index in [4.69, 9.17) is 10.1 Å². The predicted octanol–water partition coefficient (Wildman–Crippen LogP) is 4.37. The number of thioether (sulfide) groups is 1. The van der Waals surface area contributed by atoms with Crippen LogP contribution in [0.4, 0.5) is 5.69 Å². The topological polar surface area (TPSA) is 117 Å². The Morgan fingerprint density at radius 1 is 1.08 bits per heavy atom. The van der Waals surface area contributed by atoms with Gasteiger partial charge in [-0.15, -0.1) is 11.8 Å². The van der Waals surface area contributed by atoms with E-state index in [1.165, 1.54) is 23.6 Å². The monoisotopic (exact) mass is 521 g/mol. The van der Waals surface area contributed by atoms with Gasteiger partial charge in [0.2, 0.25) is 17.7 Å². The normalized spacial score (nSPS) is 17.9. The molecule has 194 valence electrons. The molecule has 1 saturated heterocycles. The Morgan fingerprint density at radius 3 is 2.59 bits per heavy atom. The van der Waals surface area contributed by atoms with Crippen molar-refractivity contribution in [3.8, 4) is 11.1 Å². The number of anilines is 1. The summed E-state index contributed by atoms with van der Waals surface area (Å²) in [4.78, 5) is 50.3. The van der Waals surface area contributed by atoms with Crippen LogP contribution in [-0.2, 0) is 23.9 Å². The SMILES string of the molecule is CC(=N)CCCSC1CC(=O)N(CCC(=O)Nc2ccc3c(c2)-c2ccccc2C3COC(C)=O)C1=O. The third-order valence-corrected chi connectivity index (χ3v) is 7.87. The second-order valence-electron chi connectivity index (χ2n) is 9.37. The summed E-state index contributed by atoms with van der Waals surface area (Å²) in [6.07, 6.45) is 1.67. The van der Waals surface area contributed by atoms with Gasteiger partial charge in [0, 0.05) is 43.6 Å². The molecule has 2 aromatic carbocycles. The highest BCUT2D eigenvalue weighted by Crippen LogP contribution is 2.45. The molecule has 0 aromatic heterocycles. The highest BCUT2D eigenvalue weighted by Gasteiger charge is 2.38. The van der Waals surface area contributed by atoms with Crippen LogP contribution in [0.2, 0.25) is 0 Å². The van der Waals surface area contributed by atoms with Crippen molar-refractivity contribution in [3.05, 3.63) is 53.6 Å². The maximum Gasteiger partial charge on any atom is 0.302 e. The molecule has 3 amide bonds. The zero-order valence-electron chi connectivity index (χ0n) is 21.0. The lowest BCUT2D eigenvalue weighted by Gasteiger charge is -2.15. The van der Waals surface area contributed by atoms with Crippen molar-refractivity contribution in [3.63, 3.8) is 0 Å². The fraction of sp³-hybridized carbons (Fsp3) is 0.393. The molecule has 1 fully saturated rings. The number of ether oxygens (including phenoxy) is 1. The molecule has 2 atom stereocenters. The minimum absolute atomic E-state index is 0.0185. The van der Waals surface area contributed by atoms with Crippen molar-refractivity contribution in [1.82, 2.24) is 4.90 Å². The molecule has 2 aliphatic rings. The van der Waals surface area contributed by atoms with Crippen LogP contribution < -0.4 is 5.32 Å². The number of amides is 3. The fourth-order valence-corrected chi connectivity index (χ4v) is 5.91. The van der Waals surface area contributed by atoms with Crippen molar-refractivity contribution < 1.29 is 23.9 Å². The van der Waals surface area contributed by atoms with Crippen LogP contribution in [0.5, 0.6) is 0 Å². The Hall–Kier alpha value is -3.46. The Labute approximate surface area is 220 Å². The van der Waals surface area contributed by atoms with Gasteiger partial charge in [-0.25, -0.2) is 0 Å². The second-order valence-corrected chi connectivity index (χ2v) is 10.7. The van der Waals surface area contributed by atoms with Gasteiger partial charge in [0.1, 0.15) is 6.61 Å². The van der Waals surface area contributed by atoms with Gasteiger partial charge in [0.15, 0.2) is 0 Å². The van der Waals surface area contributed by atoms with Gasteiger partial charge >= 0.3 is 5.97 Å². The van der Waals surface area contributed by atoms with Crippen molar-refractivity contribution in [2.75, 3.05) is 24.2 Å². The number of nitrogens with zero attached hydrogens (tertiary/aromatic N) is 1. The van der Waals surface area contributed by atoms with Crippen LogP contribution in [-0.4, -0.2) is 58.5 Å². The third kappa shape index (κ3) is 6.28. The summed E-state index contributed by atoms with van der Waals surface area (Å²) in [7, 11) is 0. The molecule has 0 spiro atoms. The molecule has 2 N–H and O–H groups in total. The highest BCUT2D eigenvalue weighted by atomic mass is 32.2. The minimum atomic E-state index is -0.404. The van der Waals surface area contributed by atoms with E-state index in [1.807, 2.05) is 42.5 Å². The molecule has 0 saturated carbocycles. The summed E-state index contributed by atoms with van der Waals surface area (Å²) >= 11 is 1.45. The number of nitrogens with one attached hydrogen (secondary N) is 2. The molecule has 0 bridgehead atoms. The summed E-state index contributed by atoms with van der Waals surface area (Å²) < 4.78 is 5.30. The smallest absolute Gasteiger partial charge is 0.302 e. The molecule has 0 radical (unpaired) electrons. The van der Waals surface area contributed by atoms with Crippen LogP contribution in [0.3, 0.4) is 0 Å². The average Bonchev–Trinajstić information content (AvgIpc) is 3.31. The van der Waals surface area contributed by atoms with E-state index >= 15 is 0 Å². The van der Waals surface area contributed by atoms with Crippen LogP contribution >= 0.6 is 11.8 Å². The van der Waals surface area contributed by atoms with E-state index in [0.29, 0.717) is 17.8 Å². The number of carbonyl (C=O) groups excluding carboxylic acids is 4. The molecular formula is C28H31N3O5S. The highest BCUT2D eigenvalue weighted by molar-refractivity contribution is 8.00. The molecule has 2 aromatic rings. The maximum atomic E-state index is 12.7. The zero-order valence-corrected chi connectivity index (χ0v) is 21.9. The van der Waals surface area contributed by atoms with Crippen molar-refractivity contribution >= 4 is 46.9 Å². The van der Waals surface area contributed by atoms with Gasteiger partial charge in [0.25, 0.3) is 0 Å². The lowest BCUT2D eigenvalue weighted by atomic mass is 9.98. The zero-order chi connectivity index (χ0) is 26.5. The third-order valence-electron chi connectivity index (χ3n) is 6.57. The Morgan fingerprint density at radius 2 is 1.84 bits per heavy atom. The molecule has 2 unspecified atom stereocenters. The molecule has 8 nitrogen and oxygen atoms in total. The van der Waals surface area contributed by atoms with Crippen molar-refractivity contribution in [2.24, 2.45) is 0 Å². The summed E-state index contributed by atoms with van der Waals surface area (Å²) in [6.45, 7) is 3.46. The van der Waals surface area contributed by atoms with E-state index in [0.717, 1.165) is 34.4 Å². The first-order valence-electron chi connectivity index (χ1n) is 12.4. The first-order valence-corrected chi connectivity index (χ1v) is 13.5. The number of likely N-dealkylation sites (tertiary alicyclic amines) is 1. The summed E-state index contributed by atoms with van der Waals surface area (Å²) in [5.74, 6) is -0.425. The first-order chi connectivity index (χ1) is 17.7. The number of fused-ring (bicyclic) bond motifs is 3. The molecule has 37 heavy (non-hydrogen) atoms. The number of hydrogen-bond donors (Lipinski definition) is 2. The van der Waals surface area contributed by atoms with Gasteiger partial charge in [-0.05, 0) is 59.9 Å². The number of esters is 1. The largest absolute Gasteiger partial charge is 0.465 e. The molecule has 1 aliphatic carbocycles. The van der Waals surface area contributed by atoms with E-state index in [-0.39, 0.29) is 55.6 Å². The van der Waals surface area contributed by atoms with Gasteiger partial charge in [-0.1, -0.05) is 30.3 Å². The summed E-state index contributed by atoms with van der Waals surface area (Å²) in [5, 5.41) is 9.96. The van der Waals surface area contributed by atoms with Crippen molar-refractivity contribution in [1.29, 1.82) is 5.41 Å².